The minimum absolute atomic E-state index is 0.201. The minimum Gasteiger partial charge on any atom is -0.352 e. The van der Waals surface area contributed by atoms with Gasteiger partial charge in [0.15, 0.2) is 0 Å². The molecule has 0 unspecified atom stereocenters. The molecule has 0 spiro atoms. The van der Waals surface area contributed by atoms with Crippen LogP contribution >= 0.6 is 0 Å². The molecule has 0 aromatic rings. The van der Waals surface area contributed by atoms with E-state index in [1.165, 1.54) is 6.92 Å². The maximum absolute atomic E-state index is 9.56. The minimum atomic E-state index is -3.66. The van der Waals surface area contributed by atoms with Crippen LogP contribution in [-0.2, 0) is 10.1 Å². The predicted molar refractivity (Wildman–Crippen MR) is 35.9 cm³/mol. The zero-order valence-corrected chi connectivity index (χ0v) is 6.26. The third-order valence-electron chi connectivity index (χ3n) is 0.365. The van der Waals surface area contributed by atoms with Gasteiger partial charge in [0.25, 0.3) is 10.1 Å². The van der Waals surface area contributed by atoms with E-state index in [4.69, 9.17) is 9.35 Å². The second kappa shape index (κ2) is 5.00. The van der Waals surface area contributed by atoms with Gasteiger partial charge in [-0.1, -0.05) is 0 Å². The summed E-state index contributed by atoms with van der Waals surface area (Å²) in [6.45, 7) is 1.37. The van der Waals surface area contributed by atoms with Crippen LogP contribution in [0.4, 0.5) is 4.79 Å². The Balaban J connectivity index is 0. The molecule has 0 aliphatic rings. The molecule has 5 N–H and O–H groups in total. The lowest BCUT2D eigenvalue weighted by Crippen LogP contribution is -2.18. The molecule has 0 rings (SSSR count). The summed E-state index contributed by atoms with van der Waals surface area (Å²) in [6.07, 6.45) is 0. The molecule has 62 valence electrons. The van der Waals surface area contributed by atoms with Crippen LogP contribution in [-0.4, -0.2) is 24.8 Å². The molecule has 0 aromatic heterocycles. The van der Waals surface area contributed by atoms with Crippen molar-refractivity contribution in [3.8, 4) is 0 Å². The highest BCUT2D eigenvalue weighted by atomic mass is 32.2. The first-order chi connectivity index (χ1) is 4.29. The standard InChI is InChI=1S/C2H6O3S.CH4N2O/c1-2-6(3,4)5;2-1(3)4/h2H2,1H3,(H,3,4,5);(H4,2,3,4). The van der Waals surface area contributed by atoms with E-state index in [-0.39, 0.29) is 5.75 Å². The number of carbonyl (C=O) groups excluding carboxylic acids is 1. The van der Waals surface area contributed by atoms with Crippen LogP contribution in [0.25, 0.3) is 0 Å². The van der Waals surface area contributed by atoms with Crippen molar-refractivity contribution in [2.24, 2.45) is 11.5 Å². The molecule has 2 amide bonds. The van der Waals surface area contributed by atoms with E-state index in [0.717, 1.165) is 0 Å². The van der Waals surface area contributed by atoms with Crippen molar-refractivity contribution in [1.82, 2.24) is 0 Å². The summed E-state index contributed by atoms with van der Waals surface area (Å²) in [4.78, 5) is 9.00. The first-order valence-electron chi connectivity index (χ1n) is 2.29. The van der Waals surface area contributed by atoms with Crippen LogP contribution in [0.3, 0.4) is 0 Å². The molecule has 0 aromatic carbocycles. The van der Waals surface area contributed by atoms with Crippen molar-refractivity contribution < 1.29 is 17.8 Å². The fourth-order valence-electron chi connectivity index (χ4n) is 0. The molecule has 0 bridgehead atoms. The number of nitrogens with two attached hydrogens (primary N) is 2. The Labute approximate surface area is 58.9 Å². The van der Waals surface area contributed by atoms with E-state index >= 15 is 0 Å². The number of urea groups is 1. The van der Waals surface area contributed by atoms with Crippen molar-refractivity contribution in [3.63, 3.8) is 0 Å². The zero-order chi connectivity index (χ0) is 8.78. The Kier molecular flexibility index (Phi) is 5.96. The van der Waals surface area contributed by atoms with E-state index in [2.05, 4.69) is 11.5 Å². The van der Waals surface area contributed by atoms with Crippen molar-refractivity contribution in [3.05, 3.63) is 0 Å². The Bertz CT molecular complexity index is 181. The Hall–Kier alpha value is -0.820. The summed E-state index contributed by atoms with van der Waals surface area (Å²) in [5, 5.41) is 0. The van der Waals surface area contributed by atoms with Crippen molar-refractivity contribution in [1.29, 1.82) is 0 Å². The van der Waals surface area contributed by atoms with Crippen molar-refractivity contribution >= 4 is 16.1 Å². The largest absolute Gasteiger partial charge is 0.352 e. The third kappa shape index (κ3) is 57.7. The van der Waals surface area contributed by atoms with E-state index < -0.39 is 16.1 Å². The van der Waals surface area contributed by atoms with Gasteiger partial charge in [-0.25, -0.2) is 4.79 Å². The first kappa shape index (κ1) is 11.9. The predicted octanol–water partition coefficient (Wildman–Crippen LogP) is -1.08. The van der Waals surface area contributed by atoms with Gasteiger partial charge in [0.2, 0.25) is 0 Å². The summed E-state index contributed by atoms with van der Waals surface area (Å²) in [6, 6.07) is -0.833. The number of primary amides is 2. The van der Waals surface area contributed by atoms with E-state index in [1.807, 2.05) is 0 Å². The Morgan fingerprint density at radius 1 is 1.50 bits per heavy atom. The average molecular weight is 170 g/mol. The molecule has 0 radical (unpaired) electrons. The summed E-state index contributed by atoms with van der Waals surface area (Å²) < 4.78 is 26.9. The highest BCUT2D eigenvalue weighted by Gasteiger charge is 1.93. The SMILES string of the molecule is CCS(=O)(=O)O.NC(N)=O. The van der Waals surface area contributed by atoms with Crippen LogP contribution in [0.15, 0.2) is 0 Å². The van der Waals surface area contributed by atoms with Crippen LogP contribution in [0, 0.1) is 0 Å². The molecule has 0 saturated heterocycles. The lowest BCUT2D eigenvalue weighted by molar-refractivity contribution is 0.256. The van der Waals surface area contributed by atoms with Gasteiger partial charge in [0.05, 0.1) is 5.75 Å². The fraction of sp³-hybridized carbons (Fsp3) is 0.667. The summed E-state index contributed by atoms with van der Waals surface area (Å²) >= 11 is 0. The molecule has 7 heteroatoms. The number of amides is 2. The average Bonchev–Trinajstić information content (AvgIpc) is 1.63. The van der Waals surface area contributed by atoms with Gasteiger partial charge < -0.3 is 11.5 Å². The molecule has 10 heavy (non-hydrogen) atoms. The van der Waals surface area contributed by atoms with Gasteiger partial charge in [-0.2, -0.15) is 8.42 Å². The molecule has 0 fully saturated rings. The van der Waals surface area contributed by atoms with Gasteiger partial charge in [-0.15, -0.1) is 0 Å². The van der Waals surface area contributed by atoms with Gasteiger partial charge in [-0.05, 0) is 6.92 Å². The maximum Gasteiger partial charge on any atom is 0.309 e. The van der Waals surface area contributed by atoms with Gasteiger partial charge >= 0.3 is 6.03 Å². The Morgan fingerprint density at radius 2 is 1.60 bits per heavy atom. The third-order valence-corrected chi connectivity index (χ3v) is 1.09. The molecule has 0 saturated carbocycles. The van der Waals surface area contributed by atoms with E-state index in [0.29, 0.717) is 0 Å². The molecule has 0 aliphatic carbocycles. The van der Waals surface area contributed by atoms with Gasteiger partial charge in [0, 0.05) is 0 Å². The quantitative estimate of drug-likeness (QED) is 0.433. The lowest BCUT2D eigenvalue weighted by atomic mass is 11.0. The maximum atomic E-state index is 9.56. The zero-order valence-electron chi connectivity index (χ0n) is 5.44. The highest BCUT2D eigenvalue weighted by molar-refractivity contribution is 7.85. The molecule has 0 heterocycles. The molecular weight excluding hydrogens is 160 g/mol. The van der Waals surface area contributed by atoms with E-state index in [1.54, 1.807) is 0 Å². The van der Waals surface area contributed by atoms with Crippen molar-refractivity contribution in [2.45, 2.75) is 6.92 Å². The lowest BCUT2D eigenvalue weighted by Gasteiger charge is -1.79. The molecule has 0 atom stereocenters. The number of hydrogen-bond donors (Lipinski definition) is 3. The topological polar surface area (TPSA) is 123 Å². The normalized spacial score (nSPS) is 9.40. The highest BCUT2D eigenvalue weighted by Crippen LogP contribution is 1.74. The molecule has 6 nitrogen and oxygen atoms in total. The smallest absolute Gasteiger partial charge is 0.309 e. The monoisotopic (exact) mass is 170 g/mol. The van der Waals surface area contributed by atoms with Crippen LogP contribution in [0.2, 0.25) is 0 Å². The number of carbonyl (C=O) groups is 1. The summed E-state index contributed by atoms with van der Waals surface area (Å²) in [5.41, 5.74) is 8.50. The van der Waals surface area contributed by atoms with Crippen LogP contribution in [0.5, 0.6) is 0 Å². The summed E-state index contributed by atoms with van der Waals surface area (Å²) in [7, 11) is -3.66. The Morgan fingerprint density at radius 3 is 1.60 bits per heavy atom. The van der Waals surface area contributed by atoms with Crippen LogP contribution in [0.1, 0.15) is 6.92 Å². The number of hydrogen-bond acceptors (Lipinski definition) is 3. The van der Waals surface area contributed by atoms with Crippen molar-refractivity contribution in [2.75, 3.05) is 5.75 Å². The van der Waals surface area contributed by atoms with E-state index in [9.17, 15) is 8.42 Å². The van der Waals surface area contributed by atoms with Gasteiger partial charge in [-0.3, -0.25) is 4.55 Å². The second-order valence-electron chi connectivity index (χ2n) is 1.27. The second-order valence-corrected chi connectivity index (χ2v) is 3.01. The summed E-state index contributed by atoms with van der Waals surface area (Å²) in [5.74, 6) is -0.201. The number of rotatable bonds is 1. The molecular formula is C3H10N2O4S. The first-order valence-corrected chi connectivity index (χ1v) is 3.90. The van der Waals surface area contributed by atoms with Crippen LogP contribution < -0.4 is 11.5 Å². The fourth-order valence-corrected chi connectivity index (χ4v) is 0. The van der Waals surface area contributed by atoms with Gasteiger partial charge in [0.1, 0.15) is 0 Å². The molecule has 0 aliphatic heterocycles.